The first-order chi connectivity index (χ1) is 14.4. The number of piperidine rings is 1. The molecule has 0 spiro atoms. The van der Waals surface area contributed by atoms with E-state index in [0.717, 1.165) is 43.7 Å². The zero-order valence-electron chi connectivity index (χ0n) is 17.1. The number of amides is 1. The minimum atomic E-state index is -0.939. The van der Waals surface area contributed by atoms with Gasteiger partial charge in [0.2, 0.25) is 0 Å². The highest BCUT2D eigenvalue weighted by molar-refractivity contribution is 6.30. The van der Waals surface area contributed by atoms with Crippen LogP contribution in [0.2, 0.25) is 5.02 Å². The molecule has 1 N–H and O–H groups in total. The van der Waals surface area contributed by atoms with Crippen LogP contribution in [-0.4, -0.2) is 60.8 Å². The number of ether oxygens (including phenoxy) is 1. The third-order valence-electron chi connectivity index (χ3n) is 5.27. The van der Waals surface area contributed by atoms with Gasteiger partial charge in [0.25, 0.3) is 5.91 Å². The Morgan fingerprint density at radius 3 is 2.50 bits per heavy atom. The smallest absolute Gasteiger partial charge is 0.329 e. The summed E-state index contributed by atoms with van der Waals surface area (Å²) in [5.74, 6) is -0.980. The fraction of sp³-hybridized carbons (Fsp3) is 0.391. The molecule has 0 bridgehead atoms. The van der Waals surface area contributed by atoms with Gasteiger partial charge in [-0.3, -0.25) is 4.79 Å². The molecule has 1 heterocycles. The molecule has 0 radical (unpaired) electrons. The summed E-state index contributed by atoms with van der Waals surface area (Å²) in [4.78, 5) is 28.0. The highest BCUT2D eigenvalue weighted by atomic mass is 35.5. The van der Waals surface area contributed by atoms with Crippen molar-refractivity contribution in [2.24, 2.45) is 0 Å². The van der Waals surface area contributed by atoms with Crippen molar-refractivity contribution < 1.29 is 19.4 Å². The normalized spacial score (nSPS) is 15.1. The summed E-state index contributed by atoms with van der Waals surface area (Å²) in [7, 11) is 0. The van der Waals surface area contributed by atoms with Crippen LogP contribution in [0.15, 0.2) is 48.5 Å². The van der Waals surface area contributed by atoms with Crippen LogP contribution in [0.25, 0.3) is 0 Å². The molecule has 0 atom stereocenters. The summed E-state index contributed by atoms with van der Waals surface area (Å²) < 4.78 is 5.40. The summed E-state index contributed by atoms with van der Waals surface area (Å²) in [6.07, 6.45) is 1.57. The maximum Gasteiger partial charge on any atom is 0.329 e. The van der Waals surface area contributed by atoms with Crippen LogP contribution < -0.4 is 4.90 Å². The van der Waals surface area contributed by atoms with Crippen molar-refractivity contribution in [3.05, 3.63) is 64.7 Å². The van der Waals surface area contributed by atoms with E-state index in [1.54, 1.807) is 17.0 Å². The third kappa shape index (κ3) is 6.29. The molecule has 7 heteroatoms. The molecule has 0 unspecified atom stereocenters. The van der Waals surface area contributed by atoms with E-state index >= 15 is 0 Å². The fourth-order valence-electron chi connectivity index (χ4n) is 3.63. The van der Waals surface area contributed by atoms with Crippen LogP contribution >= 0.6 is 11.6 Å². The summed E-state index contributed by atoms with van der Waals surface area (Å²) in [6, 6.07) is 14.9. The van der Waals surface area contributed by atoms with Crippen molar-refractivity contribution in [1.29, 1.82) is 0 Å². The van der Waals surface area contributed by atoms with Gasteiger partial charge in [-0.2, -0.15) is 0 Å². The summed E-state index contributed by atoms with van der Waals surface area (Å²) in [5, 5.41) is 9.38. The Morgan fingerprint density at radius 2 is 1.87 bits per heavy atom. The molecule has 3 rings (SSSR count). The van der Waals surface area contributed by atoms with Gasteiger partial charge in [-0.15, -0.1) is 0 Å². The van der Waals surface area contributed by atoms with Gasteiger partial charge in [-0.25, -0.2) is 4.79 Å². The van der Waals surface area contributed by atoms with E-state index in [0.29, 0.717) is 17.1 Å². The second kappa shape index (κ2) is 10.6. The number of hydrogen-bond acceptors (Lipinski definition) is 4. The second-order valence-electron chi connectivity index (χ2n) is 7.55. The van der Waals surface area contributed by atoms with Crippen LogP contribution in [0.5, 0.6) is 0 Å². The average Bonchev–Trinajstić information content (AvgIpc) is 2.74. The number of carboxylic acid groups (broad SMARTS) is 1. The van der Waals surface area contributed by atoms with Gasteiger partial charge >= 0.3 is 5.97 Å². The first-order valence-electron chi connectivity index (χ1n) is 10.1. The lowest BCUT2D eigenvalue weighted by atomic mass is 10.1. The minimum absolute atomic E-state index is 0.0151. The number of hydrogen-bond donors (Lipinski definition) is 1. The number of likely N-dealkylation sites (tertiary alicyclic amines) is 1. The SMILES string of the molecule is Cc1cccc(C(=O)N(CCN2CCC(OCC(=O)O)CC2)c2ccc(Cl)cc2)c1. The number of carbonyl (C=O) groups excluding carboxylic acids is 1. The summed E-state index contributed by atoms with van der Waals surface area (Å²) in [5.41, 5.74) is 2.51. The molecular formula is C23H27ClN2O4. The van der Waals surface area contributed by atoms with Gasteiger partial charge < -0.3 is 19.6 Å². The number of anilines is 1. The lowest BCUT2D eigenvalue weighted by molar-refractivity contribution is -0.145. The molecule has 0 aromatic heterocycles. The summed E-state index contributed by atoms with van der Waals surface area (Å²) in [6.45, 7) is 4.63. The number of aryl methyl sites for hydroxylation is 1. The van der Waals surface area contributed by atoms with Crippen LogP contribution in [-0.2, 0) is 9.53 Å². The molecule has 1 aliphatic rings. The Labute approximate surface area is 182 Å². The quantitative estimate of drug-likeness (QED) is 0.688. The molecule has 1 aliphatic heterocycles. The van der Waals surface area contributed by atoms with Gasteiger partial charge in [-0.1, -0.05) is 29.3 Å². The number of carbonyl (C=O) groups is 2. The molecule has 30 heavy (non-hydrogen) atoms. The predicted octanol–water partition coefficient (Wildman–Crippen LogP) is 3.86. The number of benzene rings is 2. The molecule has 1 saturated heterocycles. The molecule has 0 aliphatic carbocycles. The van der Waals surface area contributed by atoms with Crippen LogP contribution in [0.1, 0.15) is 28.8 Å². The Morgan fingerprint density at radius 1 is 1.17 bits per heavy atom. The third-order valence-corrected chi connectivity index (χ3v) is 5.52. The van der Waals surface area contributed by atoms with Crippen LogP contribution in [0.3, 0.4) is 0 Å². The number of carboxylic acids is 1. The lowest BCUT2D eigenvalue weighted by Gasteiger charge is -2.33. The number of aliphatic carboxylic acids is 1. The van der Waals surface area contributed by atoms with Crippen LogP contribution in [0, 0.1) is 6.92 Å². The van der Waals surface area contributed by atoms with E-state index in [9.17, 15) is 9.59 Å². The van der Waals surface area contributed by atoms with Gasteiger partial charge in [0.05, 0.1) is 6.10 Å². The largest absolute Gasteiger partial charge is 0.480 e. The first-order valence-corrected chi connectivity index (χ1v) is 10.5. The van der Waals surface area contributed by atoms with Crippen molar-refractivity contribution >= 4 is 29.2 Å². The van der Waals surface area contributed by atoms with Gasteiger partial charge in [-0.05, 0) is 56.2 Å². The average molecular weight is 431 g/mol. The second-order valence-corrected chi connectivity index (χ2v) is 7.98. The van der Waals surface area contributed by atoms with Crippen molar-refractivity contribution in [3.63, 3.8) is 0 Å². The maximum absolute atomic E-state index is 13.3. The van der Waals surface area contributed by atoms with E-state index in [-0.39, 0.29) is 18.6 Å². The molecule has 160 valence electrons. The zero-order valence-corrected chi connectivity index (χ0v) is 17.8. The van der Waals surface area contributed by atoms with Gasteiger partial charge in [0.1, 0.15) is 6.61 Å². The topological polar surface area (TPSA) is 70.1 Å². The molecule has 0 saturated carbocycles. The van der Waals surface area contributed by atoms with Gasteiger partial charge in [0.15, 0.2) is 0 Å². The highest BCUT2D eigenvalue weighted by Crippen LogP contribution is 2.21. The van der Waals surface area contributed by atoms with E-state index < -0.39 is 5.97 Å². The van der Waals surface area contributed by atoms with E-state index in [4.69, 9.17) is 21.4 Å². The Balaban J connectivity index is 1.64. The standard InChI is InChI=1S/C23H27ClN2O4/c1-17-3-2-4-18(15-17)23(29)26(20-7-5-19(24)6-8-20)14-13-25-11-9-21(10-12-25)30-16-22(27)28/h2-8,15,21H,9-14,16H2,1H3,(H,27,28). The minimum Gasteiger partial charge on any atom is -0.480 e. The number of nitrogens with zero attached hydrogens (tertiary/aromatic N) is 2. The maximum atomic E-state index is 13.3. The summed E-state index contributed by atoms with van der Waals surface area (Å²) >= 11 is 6.03. The predicted molar refractivity (Wildman–Crippen MR) is 117 cm³/mol. The van der Waals surface area contributed by atoms with Gasteiger partial charge in [0, 0.05) is 42.5 Å². The Kier molecular flexibility index (Phi) is 7.85. The monoisotopic (exact) mass is 430 g/mol. The molecule has 1 amide bonds. The Hall–Kier alpha value is -2.41. The van der Waals surface area contributed by atoms with E-state index in [2.05, 4.69) is 4.90 Å². The van der Waals surface area contributed by atoms with Crippen molar-refractivity contribution in [3.8, 4) is 0 Å². The zero-order chi connectivity index (χ0) is 21.5. The molecule has 2 aromatic rings. The van der Waals surface area contributed by atoms with Crippen molar-refractivity contribution in [2.75, 3.05) is 37.7 Å². The van der Waals surface area contributed by atoms with Crippen molar-refractivity contribution in [2.45, 2.75) is 25.9 Å². The molecule has 6 nitrogen and oxygen atoms in total. The fourth-order valence-corrected chi connectivity index (χ4v) is 3.76. The van der Waals surface area contributed by atoms with E-state index in [1.807, 2.05) is 43.3 Å². The molecule has 2 aromatic carbocycles. The van der Waals surface area contributed by atoms with Crippen molar-refractivity contribution in [1.82, 2.24) is 4.90 Å². The Bertz CT molecular complexity index is 864. The number of rotatable bonds is 8. The highest BCUT2D eigenvalue weighted by Gasteiger charge is 2.23. The molecular weight excluding hydrogens is 404 g/mol. The molecule has 1 fully saturated rings. The first kappa shape index (κ1) is 22.3. The van der Waals surface area contributed by atoms with Crippen LogP contribution in [0.4, 0.5) is 5.69 Å². The lowest BCUT2D eigenvalue weighted by Crippen LogP contribution is -2.43. The van der Waals surface area contributed by atoms with E-state index in [1.165, 1.54) is 0 Å². The number of halogens is 1.